The van der Waals surface area contributed by atoms with Gasteiger partial charge in [0.25, 0.3) is 0 Å². The summed E-state index contributed by atoms with van der Waals surface area (Å²) in [5.41, 5.74) is 1.84. The summed E-state index contributed by atoms with van der Waals surface area (Å²) in [5, 5.41) is 4.91. The lowest BCUT2D eigenvalue weighted by Gasteiger charge is -2.30. The molecule has 0 aliphatic heterocycles. The summed E-state index contributed by atoms with van der Waals surface area (Å²) in [4.78, 5) is 15.8. The number of benzene rings is 1. The SMILES string of the molecule is Cc1ccsc1CN(C)CC(=O)Nc1ccc(S(=O)(=O)N(C)C2CCCCC2)cc1. The minimum atomic E-state index is -3.52. The average molecular weight is 450 g/mol. The number of amides is 1. The van der Waals surface area contributed by atoms with Gasteiger partial charge >= 0.3 is 0 Å². The second-order valence-electron chi connectivity index (χ2n) is 8.08. The van der Waals surface area contributed by atoms with Crippen molar-refractivity contribution in [1.82, 2.24) is 9.21 Å². The third-order valence-electron chi connectivity index (χ3n) is 5.70. The molecule has 1 fully saturated rings. The smallest absolute Gasteiger partial charge is 0.243 e. The van der Waals surface area contributed by atoms with Gasteiger partial charge in [0, 0.05) is 30.2 Å². The largest absolute Gasteiger partial charge is 0.325 e. The zero-order valence-corrected chi connectivity index (χ0v) is 19.6. The van der Waals surface area contributed by atoms with Crippen LogP contribution in [0.15, 0.2) is 40.6 Å². The number of sulfonamides is 1. The van der Waals surface area contributed by atoms with Crippen LogP contribution >= 0.6 is 11.3 Å². The Morgan fingerprint density at radius 2 is 1.77 bits per heavy atom. The minimum absolute atomic E-state index is 0.0747. The van der Waals surface area contributed by atoms with Crippen LogP contribution in [0, 0.1) is 6.92 Å². The predicted molar refractivity (Wildman–Crippen MR) is 122 cm³/mol. The molecule has 1 heterocycles. The van der Waals surface area contributed by atoms with Crippen LogP contribution in [-0.4, -0.2) is 50.2 Å². The van der Waals surface area contributed by atoms with Crippen molar-refractivity contribution in [2.45, 2.75) is 56.5 Å². The van der Waals surface area contributed by atoms with E-state index in [1.165, 1.54) is 21.2 Å². The van der Waals surface area contributed by atoms with E-state index < -0.39 is 10.0 Å². The number of nitrogens with zero attached hydrogens (tertiary/aromatic N) is 2. The van der Waals surface area contributed by atoms with Gasteiger partial charge in [0.1, 0.15) is 0 Å². The number of thiophene rings is 1. The summed E-state index contributed by atoms with van der Waals surface area (Å²) in [7, 11) is 0.0625. The van der Waals surface area contributed by atoms with E-state index in [-0.39, 0.29) is 23.4 Å². The predicted octanol–water partition coefficient (Wildman–Crippen LogP) is 4.08. The molecular weight excluding hydrogens is 418 g/mol. The summed E-state index contributed by atoms with van der Waals surface area (Å²) < 4.78 is 27.4. The maximum absolute atomic E-state index is 12.9. The van der Waals surface area contributed by atoms with E-state index in [1.807, 2.05) is 11.9 Å². The van der Waals surface area contributed by atoms with Gasteiger partial charge < -0.3 is 5.32 Å². The van der Waals surface area contributed by atoms with Gasteiger partial charge in [0.15, 0.2) is 0 Å². The Hall–Kier alpha value is -1.74. The van der Waals surface area contributed by atoms with Gasteiger partial charge in [-0.05, 0) is 68.1 Å². The van der Waals surface area contributed by atoms with Crippen LogP contribution in [0.5, 0.6) is 0 Å². The second-order valence-corrected chi connectivity index (χ2v) is 11.1. The molecule has 30 heavy (non-hydrogen) atoms. The van der Waals surface area contributed by atoms with Gasteiger partial charge in [-0.3, -0.25) is 9.69 Å². The van der Waals surface area contributed by atoms with E-state index >= 15 is 0 Å². The minimum Gasteiger partial charge on any atom is -0.325 e. The first-order chi connectivity index (χ1) is 14.3. The number of hydrogen-bond acceptors (Lipinski definition) is 5. The van der Waals surface area contributed by atoms with Crippen molar-refractivity contribution in [2.24, 2.45) is 0 Å². The van der Waals surface area contributed by atoms with Crippen LogP contribution in [0.3, 0.4) is 0 Å². The van der Waals surface area contributed by atoms with Crippen molar-refractivity contribution >= 4 is 33.0 Å². The van der Waals surface area contributed by atoms with Crippen LogP contribution in [0.2, 0.25) is 0 Å². The lowest BCUT2D eigenvalue weighted by atomic mass is 9.96. The van der Waals surface area contributed by atoms with Gasteiger partial charge in [0.05, 0.1) is 11.4 Å². The fourth-order valence-electron chi connectivity index (χ4n) is 3.83. The lowest BCUT2D eigenvalue weighted by molar-refractivity contribution is -0.117. The molecule has 1 aromatic carbocycles. The summed E-state index contributed by atoms with van der Waals surface area (Å²) in [6, 6.07) is 8.61. The molecule has 0 radical (unpaired) electrons. The quantitative estimate of drug-likeness (QED) is 0.659. The van der Waals surface area contributed by atoms with Crippen LogP contribution in [-0.2, 0) is 21.4 Å². The molecule has 1 aromatic heterocycles. The van der Waals surface area contributed by atoms with E-state index in [0.717, 1.165) is 32.2 Å². The highest BCUT2D eigenvalue weighted by molar-refractivity contribution is 7.89. The molecule has 3 rings (SSSR count). The van der Waals surface area contributed by atoms with Crippen LogP contribution in [0.4, 0.5) is 5.69 Å². The second kappa shape index (κ2) is 10.0. The van der Waals surface area contributed by atoms with Crippen molar-refractivity contribution < 1.29 is 13.2 Å². The Morgan fingerprint density at radius 1 is 1.10 bits per heavy atom. The Morgan fingerprint density at radius 3 is 2.37 bits per heavy atom. The zero-order chi connectivity index (χ0) is 21.7. The van der Waals surface area contributed by atoms with Gasteiger partial charge in [-0.25, -0.2) is 8.42 Å². The zero-order valence-electron chi connectivity index (χ0n) is 17.9. The number of carbonyl (C=O) groups is 1. The number of hydrogen-bond donors (Lipinski definition) is 1. The maximum Gasteiger partial charge on any atom is 0.243 e. The van der Waals surface area contributed by atoms with Crippen LogP contribution in [0.1, 0.15) is 42.5 Å². The molecule has 1 amide bonds. The molecule has 0 spiro atoms. The first-order valence-corrected chi connectivity index (χ1v) is 12.7. The normalized spacial score (nSPS) is 15.6. The highest BCUT2D eigenvalue weighted by Crippen LogP contribution is 2.27. The maximum atomic E-state index is 12.9. The fraction of sp³-hybridized carbons (Fsp3) is 0.500. The molecule has 8 heteroatoms. The Balaban J connectivity index is 1.57. The molecular formula is C22H31N3O3S2. The molecule has 1 aliphatic rings. The van der Waals surface area contributed by atoms with E-state index in [2.05, 4.69) is 23.7 Å². The molecule has 164 valence electrons. The number of nitrogens with one attached hydrogen (secondary N) is 1. The number of anilines is 1. The first kappa shape index (κ1) is 22.9. The molecule has 0 saturated heterocycles. The van der Waals surface area contributed by atoms with Gasteiger partial charge in [-0.2, -0.15) is 4.31 Å². The van der Waals surface area contributed by atoms with Crippen molar-refractivity contribution in [3.63, 3.8) is 0 Å². The third kappa shape index (κ3) is 5.69. The van der Waals surface area contributed by atoms with Crippen LogP contribution in [0.25, 0.3) is 0 Å². The van der Waals surface area contributed by atoms with Crippen molar-refractivity contribution in [3.05, 3.63) is 46.2 Å². The Kier molecular flexibility index (Phi) is 7.68. The van der Waals surface area contributed by atoms with E-state index in [0.29, 0.717) is 5.69 Å². The van der Waals surface area contributed by atoms with Crippen molar-refractivity contribution in [3.8, 4) is 0 Å². The molecule has 6 nitrogen and oxygen atoms in total. The number of likely N-dealkylation sites (N-methyl/N-ethyl adjacent to an activating group) is 1. The standard InChI is InChI=1S/C22H31N3O3S2/c1-17-13-14-29-21(17)15-24(2)16-22(26)23-18-9-11-20(12-10-18)30(27,28)25(3)19-7-5-4-6-8-19/h9-14,19H,4-8,15-16H2,1-3H3,(H,23,26). The summed E-state index contributed by atoms with van der Waals surface area (Å²) in [6.07, 6.45) is 5.18. The molecule has 0 unspecified atom stereocenters. The fourth-order valence-corrected chi connectivity index (χ4v) is 6.23. The Bertz CT molecular complexity index is 948. The molecule has 2 aromatic rings. The number of rotatable bonds is 8. The number of aryl methyl sites for hydroxylation is 1. The van der Waals surface area contributed by atoms with Crippen molar-refractivity contribution in [2.75, 3.05) is 26.0 Å². The highest BCUT2D eigenvalue weighted by atomic mass is 32.2. The van der Waals surface area contributed by atoms with Gasteiger partial charge in [-0.1, -0.05) is 19.3 Å². The summed E-state index contributed by atoms with van der Waals surface area (Å²) >= 11 is 1.69. The summed E-state index contributed by atoms with van der Waals surface area (Å²) in [5.74, 6) is -0.123. The van der Waals surface area contributed by atoms with Gasteiger partial charge in [-0.15, -0.1) is 11.3 Å². The average Bonchev–Trinajstić information content (AvgIpc) is 3.12. The molecule has 0 atom stereocenters. The summed E-state index contributed by atoms with van der Waals surface area (Å²) in [6.45, 7) is 3.06. The highest BCUT2D eigenvalue weighted by Gasteiger charge is 2.28. The lowest BCUT2D eigenvalue weighted by Crippen LogP contribution is -2.38. The Labute approximate surface area is 183 Å². The van der Waals surface area contributed by atoms with Crippen molar-refractivity contribution in [1.29, 1.82) is 0 Å². The van der Waals surface area contributed by atoms with E-state index in [1.54, 1.807) is 42.6 Å². The van der Waals surface area contributed by atoms with E-state index in [4.69, 9.17) is 0 Å². The topological polar surface area (TPSA) is 69.7 Å². The first-order valence-electron chi connectivity index (χ1n) is 10.4. The molecule has 1 saturated carbocycles. The molecule has 1 aliphatic carbocycles. The molecule has 1 N–H and O–H groups in total. The monoisotopic (exact) mass is 449 g/mol. The van der Waals surface area contributed by atoms with Crippen LogP contribution < -0.4 is 5.32 Å². The van der Waals surface area contributed by atoms with Gasteiger partial charge in [0.2, 0.25) is 15.9 Å². The molecule has 0 bridgehead atoms. The third-order valence-corrected chi connectivity index (χ3v) is 8.63. The van der Waals surface area contributed by atoms with E-state index in [9.17, 15) is 13.2 Å². The number of carbonyl (C=O) groups excluding carboxylic acids is 1.